The number of aryl methyl sites for hydroxylation is 1. The van der Waals surface area contributed by atoms with Gasteiger partial charge in [-0.2, -0.15) is 0 Å². The van der Waals surface area contributed by atoms with Crippen LogP contribution in [-0.2, 0) is 6.54 Å². The molecule has 0 aromatic carbocycles. The zero-order valence-electron chi connectivity index (χ0n) is 10.8. The Kier molecular flexibility index (Phi) is 3.19. The van der Waals surface area contributed by atoms with Gasteiger partial charge in [0.1, 0.15) is 5.82 Å². The van der Waals surface area contributed by atoms with E-state index in [4.69, 9.17) is 0 Å². The second-order valence-corrected chi connectivity index (χ2v) is 5.67. The summed E-state index contributed by atoms with van der Waals surface area (Å²) < 4.78 is 2.47. The fourth-order valence-corrected chi connectivity index (χ4v) is 2.92. The first-order valence-corrected chi connectivity index (χ1v) is 7.07. The first-order chi connectivity index (χ1) is 8.34. The van der Waals surface area contributed by atoms with Gasteiger partial charge in [-0.3, -0.25) is 0 Å². The molecular weight excluding hydrogens is 210 g/mol. The van der Waals surface area contributed by atoms with Crippen LogP contribution in [0.15, 0.2) is 6.20 Å². The fourth-order valence-electron chi connectivity index (χ4n) is 2.92. The minimum Gasteiger partial charge on any atom is -0.332 e. The molecule has 3 nitrogen and oxygen atoms in total. The molecule has 1 N–H and O–H groups in total. The maximum absolute atomic E-state index is 4.59. The Hall–Kier alpha value is -0.830. The molecule has 0 spiro atoms. The third kappa shape index (κ3) is 2.54. The summed E-state index contributed by atoms with van der Waals surface area (Å²) in [7, 11) is 0. The number of hydrogen-bond acceptors (Lipinski definition) is 2. The highest BCUT2D eigenvalue weighted by Crippen LogP contribution is 2.39. The molecule has 1 saturated carbocycles. The molecule has 1 saturated heterocycles. The predicted molar refractivity (Wildman–Crippen MR) is 69.1 cm³/mol. The van der Waals surface area contributed by atoms with Crippen LogP contribution in [0.3, 0.4) is 0 Å². The smallest absolute Gasteiger partial charge is 0.111 e. The molecule has 2 aliphatic rings. The average molecular weight is 233 g/mol. The van der Waals surface area contributed by atoms with Gasteiger partial charge in [0.2, 0.25) is 0 Å². The van der Waals surface area contributed by atoms with Gasteiger partial charge < -0.3 is 9.88 Å². The van der Waals surface area contributed by atoms with Crippen LogP contribution >= 0.6 is 0 Å². The van der Waals surface area contributed by atoms with Gasteiger partial charge in [0, 0.05) is 24.4 Å². The molecule has 2 fully saturated rings. The van der Waals surface area contributed by atoms with Crippen molar-refractivity contribution in [2.75, 3.05) is 13.1 Å². The summed E-state index contributed by atoms with van der Waals surface area (Å²) in [6.07, 6.45) is 8.79. The summed E-state index contributed by atoms with van der Waals surface area (Å²) in [5.74, 6) is 3.05. The van der Waals surface area contributed by atoms with Gasteiger partial charge in [-0.05, 0) is 58.0 Å². The summed E-state index contributed by atoms with van der Waals surface area (Å²) in [4.78, 5) is 4.59. The van der Waals surface area contributed by atoms with Crippen LogP contribution in [0.1, 0.15) is 49.5 Å². The minimum atomic E-state index is 0.775. The highest BCUT2D eigenvalue weighted by Gasteiger charge is 2.28. The van der Waals surface area contributed by atoms with Gasteiger partial charge in [0.25, 0.3) is 0 Å². The van der Waals surface area contributed by atoms with Crippen LogP contribution in [0.5, 0.6) is 0 Å². The molecule has 0 atom stereocenters. The Morgan fingerprint density at radius 3 is 2.76 bits per heavy atom. The zero-order chi connectivity index (χ0) is 11.7. The van der Waals surface area contributed by atoms with E-state index in [2.05, 4.69) is 28.0 Å². The molecule has 0 radical (unpaired) electrons. The van der Waals surface area contributed by atoms with Crippen molar-refractivity contribution in [3.8, 4) is 0 Å². The second-order valence-electron chi connectivity index (χ2n) is 5.67. The van der Waals surface area contributed by atoms with E-state index in [-0.39, 0.29) is 0 Å². The molecule has 3 heteroatoms. The van der Waals surface area contributed by atoms with Crippen LogP contribution in [0.4, 0.5) is 0 Å². The normalized spacial score (nSPS) is 21.9. The number of nitrogens with one attached hydrogen (secondary N) is 1. The summed E-state index contributed by atoms with van der Waals surface area (Å²) in [6.45, 7) is 5.80. The molecule has 0 bridgehead atoms. The minimum absolute atomic E-state index is 0.775. The highest BCUT2D eigenvalue weighted by molar-refractivity contribution is 5.12. The zero-order valence-corrected chi connectivity index (χ0v) is 10.8. The first kappa shape index (κ1) is 11.3. The van der Waals surface area contributed by atoms with E-state index in [0.717, 1.165) is 11.8 Å². The van der Waals surface area contributed by atoms with Gasteiger partial charge in [-0.1, -0.05) is 0 Å². The third-order valence-corrected chi connectivity index (χ3v) is 4.25. The Labute approximate surface area is 104 Å². The Bertz CT molecular complexity index is 373. The Morgan fingerprint density at radius 2 is 2.06 bits per heavy atom. The molecular formula is C14H23N3. The highest BCUT2D eigenvalue weighted by atomic mass is 15.1. The fraction of sp³-hybridized carbons (Fsp3) is 0.786. The van der Waals surface area contributed by atoms with Gasteiger partial charge in [0.15, 0.2) is 0 Å². The van der Waals surface area contributed by atoms with E-state index in [0.29, 0.717) is 0 Å². The third-order valence-electron chi connectivity index (χ3n) is 4.25. The molecule has 1 aromatic rings. The quantitative estimate of drug-likeness (QED) is 0.865. The molecule has 0 unspecified atom stereocenters. The SMILES string of the molecule is Cc1cnc(C2CC2)n1CCC1CCNCC1. The lowest BCUT2D eigenvalue weighted by atomic mass is 9.94. The summed E-state index contributed by atoms with van der Waals surface area (Å²) in [5.41, 5.74) is 1.35. The lowest BCUT2D eigenvalue weighted by Gasteiger charge is -2.23. The predicted octanol–water partition coefficient (Wildman–Crippen LogP) is 2.46. The van der Waals surface area contributed by atoms with Crippen LogP contribution < -0.4 is 5.32 Å². The Balaban J connectivity index is 1.61. The molecule has 0 amide bonds. The van der Waals surface area contributed by atoms with E-state index >= 15 is 0 Å². The maximum Gasteiger partial charge on any atom is 0.111 e. The van der Waals surface area contributed by atoms with Crippen molar-refractivity contribution in [3.05, 3.63) is 17.7 Å². The van der Waals surface area contributed by atoms with E-state index < -0.39 is 0 Å². The number of imidazole rings is 1. The standard InChI is InChI=1S/C14H23N3/c1-11-10-16-14(13-2-3-13)17(11)9-6-12-4-7-15-8-5-12/h10,12-13,15H,2-9H2,1H3. The van der Waals surface area contributed by atoms with E-state index in [1.807, 2.05) is 0 Å². The van der Waals surface area contributed by atoms with Crippen molar-refractivity contribution < 1.29 is 0 Å². The number of piperidine rings is 1. The van der Waals surface area contributed by atoms with Crippen LogP contribution in [0.2, 0.25) is 0 Å². The van der Waals surface area contributed by atoms with Gasteiger partial charge >= 0.3 is 0 Å². The number of hydrogen-bond donors (Lipinski definition) is 1. The van der Waals surface area contributed by atoms with Gasteiger partial charge in [-0.25, -0.2) is 4.98 Å². The largest absolute Gasteiger partial charge is 0.332 e. The Morgan fingerprint density at radius 1 is 1.29 bits per heavy atom. The molecule has 17 heavy (non-hydrogen) atoms. The number of nitrogens with zero attached hydrogens (tertiary/aromatic N) is 2. The van der Waals surface area contributed by atoms with Crippen molar-refractivity contribution >= 4 is 0 Å². The van der Waals surface area contributed by atoms with Crippen LogP contribution in [-0.4, -0.2) is 22.6 Å². The molecule has 1 aliphatic carbocycles. The maximum atomic E-state index is 4.59. The van der Waals surface area contributed by atoms with E-state index in [9.17, 15) is 0 Å². The molecule has 94 valence electrons. The summed E-state index contributed by atoms with van der Waals surface area (Å²) >= 11 is 0. The van der Waals surface area contributed by atoms with Crippen molar-refractivity contribution in [1.29, 1.82) is 0 Å². The van der Waals surface area contributed by atoms with Gasteiger partial charge in [-0.15, -0.1) is 0 Å². The molecule has 1 aliphatic heterocycles. The van der Waals surface area contributed by atoms with E-state index in [1.165, 1.54) is 63.3 Å². The summed E-state index contributed by atoms with van der Waals surface area (Å²) in [5, 5.41) is 3.44. The molecule has 3 rings (SSSR count). The van der Waals surface area contributed by atoms with E-state index in [1.54, 1.807) is 0 Å². The lowest BCUT2D eigenvalue weighted by molar-refractivity contribution is 0.335. The van der Waals surface area contributed by atoms with Crippen LogP contribution in [0, 0.1) is 12.8 Å². The van der Waals surface area contributed by atoms with Crippen molar-refractivity contribution in [2.45, 2.75) is 51.5 Å². The molecule has 2 heterocycles. The number of aromatic nitrogens is 2. The van der Waals surface area contributed by atoms with Crippen molar-refractivity contribution in [1.82, 2.24) is 14.9 Å². The van der Waals surface area contributed by atoms with Crippen molar-refractivity contribution in [2.24, 2.45) is 5.92 Å². The van der Waals surface area contributed by atoms with Crippen molar-refractivity contribution in [3.63, 3.8) is 0 Å². The lowest BCUT2D eigenvalue weighted by Crippen LogP contribution is -2.28. The topological polar surface area (TPSA) is 29.9 Å². The monoisotopic (exact) mass is 233 g/mol. The molecule has 1 aromatic heterocycles. The average Bonchev–Trinajstić information content (AvgIpc) is 3.13. The first-order valence-electron chi connectivity index (χ1n) is 7.07. The van der Waals surface area contributed by atoms with Crippen LogP contribution in [0.25, 0.3) is 0 Å². The van der Waals surface area contributed by atoms with Gasteiger partial charge in [0.05, 0.1) is 0 Å². The summed E-state index contributed by atoms with van der Waals surface area (Å²) in [6, 6.07) is 0. The second kappa shape index (κ2) is 4.81. The number of rotatable bonds is 4.